The van der Waals surface area contributed by atoms with Gasteiger partial charge in [0.15, 0.2) is 0 Å². The highest BCUT2D eigenvalue weighted by molar-refractivity contribution is 7.99. The molecule has 4 aliphatic heterocycles. The number of carbonyl (C=O) groups excluding carboxylic acids is 1. The molecule has 3 saturated heterocycles. The van der Waals surface area contributed by atoms with Crippen LogP contribution >= 0.6 is 11.8 Å². The third-order valence-electron chi connectivity index (χ3n) is 9.11. The molecule has 0 radical (unpaired) electrons. The van der Waals surface area contributed by atoms with Crippen molar-refractivity contribution in [3.05, 3.63) is 30.1 Å². The van der Waals surface area contributed by atoms with Gasteiger partial charge in [0.05, 0.1) is 17.4 Å². The summed E-state index contributed by atoms with van der Waals surface area (Å²) >= 11 is 2.08. The van der Waals surface area contributed by atoms with Crippen LogP contribution in [0.15, 0.2) is 24.5 Å². The second kappa shape index (κ2) is 9.62. The molecule has 4 fully saturated rings. The summed E-state index contributed by atoms with van der Waals surface area (Å²) in [7, 11) is 0. The van der Waals surface area contributed by atoms with Crippen LogP contribution in [0.5, 0.6) is 0 Å². The fraction of sp³-hybridized carbons (Fsp3) is 0.630. The number of piperidine rings is 1. The molecule has 1 atom stereocenters. The molecule has 0 bridgehead atoms. The van der Waals surface area contributed by atoms with Crippen LogP contribution in [0.4, 0.5) is 23.3 Å². The van der Waals surface area contributed by atoms with Crippen LogP contribution in [0.2, 0.25) is 0 Å². The molecule has 7 rings (SSSR count). The Morgan fingerprint density at radius 3 is 2.59 bits per heavy atom. The molecule has 0 aromatic carbocycles. The maximum Gasteiger partial charge on any atom is 0.243 e. The highest BCUT2D eigenvalue weighted by atomic mass is 32.2. The first-order valence-corrected chi connectivity index (χ1v) is 15.1. The van der Waals surface area contributed by atoms with E-state index in [1.165, 1.54) is 56.0 Å². The molecule has 1 amide bonds. The van der Waals surface area contributed by atoms with Crippen LogP contribution in [0, 0.1) is 0 Å². The molecular weight excluding hydrogens is 484 g/mol. The number of hydrogen-bond acceptors (Lipinski definition) is 9. The van der Waals surface area contributed by atoms with Crippen LogP contribution in [-0.2, 0) is 11.2 Å². The van der Waals surface area contributed by atoms with Crippen molar-refractivity contribution >= 4 is 40.9 Å². The number of aromatic nitrogens is 3. The molecular formula is C27H36N8OS. The number of nitrogens with one attached hydrogen (secondary N) is 2. The number of hydrogen-bond donors (Lipinski definition) is 2. The van der Waals surface area contributed by atoms with E-state index >= 15 is 0 Å². The van der Waals surface area contributed by atoms with Gasteiger partial charge in [0.2, 0.25) is 11.9 Å². The first kappa shape index (κ1) is 23.5. The lowest BCUT2D eigenvalue weighted by Gasteiger charge is -2.47. The second-order valence-electron chi connectivity index (χ2n) is 11.2. The zero-order valence-electron chi connectivity index (χ0n) is 21.4. The minimum Gasteiger partial charge on any atom is -0.370 e. The van der Waals surface area contributed by atoms with E-state index in [0.717, 1.165) is 49.2 Å². The topological polar surface area (TPSA) is 89.5 Å². The zero-order valence-corrected chi connectivity index (χ0v) is 22.2. The molecule has 1 aliphatic carbocycles. The van der Waals surface area contributed by atoms with E-state index in [4.69, 9.17) is 9.97 Å². The minimum absolute atomic E-state index is 0.00421. The number of nitrogens with zero attached hydrogens (tertiary/aromatic N) is 6. The molecule has 37 heavy (non-hydrogen) atoms. The third kappa shape index (κ3) is 4.31. The Morgan fingerprint density at radius 1 is 1.03 bits per heavy atom. The van der Waals surface area contributed by atoms with Crippen LogP contribution in [0.25, 0.3) is 0 Å². The number of anilines is 4. The monoisotopic (exact) mass is 520 g/mol. The molecule has 6 heterocycles. The Hall–Kier alpha value is -2.59. The maximum absolute atomic E-state index is 12.7. The van der Waals surface area contributed by atoms with Crippen molar-refractivity contribution in [3.63, 3.8) is 0 Å². The standard InChI is InChI=1S/C27H36N8OS/c36-25-22-15-19-16-29-26(32-24(19)35(22)27(18-30-25)7-1-2-8-27)31-23-4-3-21(17-28-23)33-9-5-20(6-10-33)34-11-13-37-14-12-34/h3-4,16-17,20,22H,1-2,5-15,18H2,(H,30,36)(H,28,29,31,32). The van der Waals surface area contributed by atoms with Gasteiger partial charge in [0, 0.05) is 68.5 Å². The minimum atomic E-state index is -0.165. The van der Waals surface area contributed by atoms with Crippen molar-refractivity contribution in [2.24, 2.45) is 0 Å². The largest absolute Gasteiger partial charge is 0.370 e. The van der Waals surface area contributed by atoms with E-state index < -0.39 is 0 Å². The number of thioether (sulfide) groups is 1. The number of pyridine rings is 1. The van der Waals surface area contributed by atoms with Gasteiger partial charge in [-0.1, -0.05) is 12.8 Å². The lowest BCUT2D eigenvalue weighted by atomic mass is 9.90. The van der Waals surface area contributed by atoms with Gasteiger partial charge in [-0.2, -0.15) is 16.7 Å². The summed E-state index contributed by atoms with van der Waals surface area (Å²) in [6.45, 7) is 5.38. The molecule has 2 aromatic rings. The Labute approximate surface area is 222 Å². The molecule has 196 valence electrons. The fourth-order valence-corrected chi connectivity index (χ4v) is 8.05. The van der Waals surface area contributed by atoms with E-state index in [1.807, 2.05) is 18.5 Å². The van der Waals surface area contributed by atoms with E-state index in [0.29, 0.717) is 18.9 Å². The van der Waals surface area contributed by atoms with Crippen molar-refractivity contribution in [1.82, 2.24) is 25.2 Å². The van der Waals surface area contributed by atoms with E-state index in [-0.39, 0.29) is 17.5 Å². The summed E-state index contributed by atoms with van der Waals surface area (Å²) < 4.78 is 0. The summed E-state index contributed by atoms with van der Waals surface area (Å²) in [6.07, 6.45) is 11.6. The molecule has 1 spiro atoms. The van der Waals surface area contributed by atoms with Crippen molar-refractivity contribution in [2.45, 2.75) is 62.6 Å². The highest BCUT2D eigenvalue weighted by Gasteiger charge is 2.52. The summed E-state index contributed by atoms with van der Waals surface area (Å²) in [5, 5.41) is 6.48. The number of rotatable bonds is 4. The first-order chi connectivity index (χ1) is 18.2. The van der Waals surface area contributed by atoms with Crippen molar-refractivity contribution in [2.75, 3.05) is 59.3 Å². The molecule has 10 heteroatoms. The number of carbonyl (C=O) groups is 1. The highest BCUT2D eigenvalue weighted by Crippen LogP contribution is 2.45. The second-order valence-corrected chi connectivity index (χ2v) is 12.4. The first-order valence-electron chi connectivity index (χ1n) is 13.9. The molecule has 2 N–H and O–H groups in total. The van der Waals surface area contributed by atoms with Crippen molar-refractivity contribution in [1.29, 1.82) is 0 Å². The summed E-state index contributed by atoms with van der Waals surface area (Å²) in [6, 6.07) is 4.74. The van der Waals surface area contributed by atoms with Gasteiger partial charge < -0.3 is 20.4 Å². The predicted molar refractivity (Wildman–Crippen MR) is 148 cm³/mol. The molecule has 1 saturated carbocycles. The Morgan fingerprint density at radius 2 is 1.84 bits per heavy atom. The Kier molecular flexibility index (Phi) is 6.11. The van der Waals surface area contributed by atoms with Gasteiger partial charge >= 0.3 is 0 Å². The zero-order chi connectivity index (χ0) is 24.8. The Balaban J connectivity index is 1.03. The fourth-order valence-electron chi connectivity index (χ4n) is 7.12. The third-order valence-corrected chi connectivity index (χ3v) is 10.1. The normalized spacial score (nSPS) is 25.7. The number of fused-ring (bicyclic) bond motifs is 4. The van der Waals surface area contributed by atoms with Crippen molar-refractivity contribution < 1.29 is 4.79 Å². The smallest absolute Gasteiger partial charge is 0.243 e. The SMILES string of the molecule is O=C1NCC2(CCCC2)N2c3nc(Nc4ccc(N5CCC(N6CCSCC6)CC5)cn4)ncc3CC12. The number of piperazine rings is 1. The summed E-state index contributed by atoms with van der Waals surface area (Å²) in [5.41, 5.74) is 2.24. The van der Waals surface area contributed by atoms with Gasteiger partial charge in [-0.3, -0.25) is 9.69 Å². The van der Waals surface area contributed by atoms with Gasteiger partial charge in [-0.15, -0.1) is 0 Å². The summed E-state index contributed by atoms with van der Waals surface area (Å²) in [4.78, 5) is 34.3. The van der Waals surface area contributed by atoms with Crippen LogP contribution < -0.4 is 20.4 Å². The van der Waals surface area contributed by atoms with Gasteiger partial charge in [-0.25, -0.2) is 9.97 Å². The molecule has 2 aromatic heterocycles. The van der Waals surface area contributed by atoms with Crippen LogP contribution in [0.1, 0.15) is 44.1 Å². The van der Waals surface area contributed by atoms with Crippen LogP contribution in [0.3, 0.4) is 0 Å². The van der Waals surface area contributed by atoms with E-state index in [9.17, 15) is 4.79 Å². The molecule has 9 nitrogen and oxygen atoms in total. The summed E-state index contributed by atoms with van der Waals surface area (Å²) in [5.74, 6) is 4.88. The maximum atomic E-state index is 12.7. The number of amides is 1. The van der Waals surface area contributed by atoms with Gasteiger partial charge in [-0.05, 0) is 37.8 Å². The quantitative estimate of drug-likeness (QED) is 0.632. The Bertz CT molecular complexity index is 1140. The van der Waals surface area contributed by atoms with Crippen LogP contribution in [-0.4, -0.2) is 87.6 Å². The van der Waals surface area contributed by atoms with Gasteiger partial charge in [0.1, 0.15) is 17.7 Å². The lowest BCUT2D eigenvalue weighted by Crippen LogP contribution is -2.66. The molecule has 5 aliphatic rings. The van der Waals surface area contributed by atoms with Crippen molar-refractivity contribution in [3.8, 4) is 0 Å². The average molecular weight is 521 g/mol. The lowest BCUT2D eigenvalue weighted by molar-refractivity contribution is -0.124. The van der Waals surface area contributed by atoms with E-state index in [2.05, 4.69) is 48.1 Å². The molecule has 1 unspecified atom stereocenters. The van der Waals surface area contributed by atoms with E-state index in [1.54, 1.807) is 0 Å². The van der Waals surface area contributed by atoms with Gasteiger partial charge in [0.25, 0.3) is 0 Å². The average Bonchev–Trinajstić information content (AvgIpc) is 3.58. The predicted octanol–water partition coefficient (Wildman–Crippen LogP) is 2.81.